The fraction of sp³-hybridized carbons (Fsp3) is 0.471. The van der Waals surface area contributed by atoms with Crippen LogP contribution in [0.1, 0.15) is 43.7 Å². The molecule has 3 aromatic rings. The number of rotatable bonds is 8. The van der Waals surface area contributed by atoms with Gasteiger partial charge in [0, 0.05) is 51.9 Å². The summed E-state index contributed by atoms with van der Waals surface area (Å²) in [5.41, 5.74) is 2.94. The van der Waals surface area contributed by atoms with E-state index in [0.717, 1.165) is 28.8 Å². The maximum absolute atomic E-state index is 13.4. The molecule has 11 nitrogen and oxygen atoms in total. The summed E-state index contributed by atoms with van der Waals surface area (Å²) in [5, 5.41) is 13.4. The zero-order valence-corrected chi connectivity index (χ0v) is 26.3. The number of esters is 1. The van der Waals surface area contributed by atoms with Gasteiger partial charge in [0.1, 0.15) is 5.75 Å². The minimum Gasteiger partial charge on any atom is -0.484 e. The summed E-state index contributed by atoms with van der Waals surface area (Å²) < 4.78 is 16.6. The molecule has 1 unspecified atom stereocenters. The molecule has 0 fully saturated rings. The maximum atomic E-state index is 13.4. The third kappa shape index (κ3) is 10.2. The smallest absolute Gasteiger partial charge is 0.314 e. The van der Waals surface area contributed by atoms with Crippen LogP contribution in [-0.4, -0.2) is 86.0 Å². The van der Waals surface area contributed by atoms with E-state index >= 15 is 0 Å². The zero-order valence-electron chi connectivity index (χ0n) is 26.3. The van der Waals surface area contributed by atoms with Gasteiger partial charge >= 0.3 is 5.97 Å². The summed E-state index contributed by atoms with van der Waals surface area (Å²) in [7, 11) is 1.59. The fourth-order valence-corrected chi connectivity index (χ4v) is 5.51. The number of aromatic amines is 1. The number of nitrogens with zero attached hydrogens (tertiary/aromatic N) is 2. The Morgan fingerprint density at radius 2 is 1.80 bits per heavy atom. The lowest BCUT2D eigenvalue weighted by atomic mass is 9.78. The number of nitrogens with one attached hydrogen (secondary N) is 3. The number of hydrogen-bond donors (Lipinski definition) is 3. The number of ether oxygens (including phenoxy) is 3. The summed E-state index contributed by atoms with van der Waals surface area (Å²) in [6.07, 6.45) is 4.22. The number of hydrogen-bond acceptors (Lipinski definition) is 8. The number of amides is 2. The predicted molar refractivity (Wildman–Crippen MR) is 170 cm³/mol. The number of methoxy groups -OCH3 is 1. The molecule has 0 saturated heterocycles. The van der Waals surface area contributed by atoms with Crippen LogP contribution in [0.3, 0.4) is 0 Å². The van der Waals surface area contributed by atoms with E-state index in [1.54, 1.807) is 26.2 Å². The standard InChI is InChI=1S/C34H45N5O6/c1-3-44-33(42)34(16-20-43-2)21-26-12-14-29(15-13-26)45-24-31(41)35-17-8-19-39(18-7-11-30(40)36-25-34)23-28-22-37-38-32(28)27-9-5-4-6-10-27/h4-6,9-10,12-15,22H,3,7-8,11,16-21,23-25H2,1-2H3,(H,35,41)(H,36,40)(H,37,38). The second-order valence-electron chi connectivity index (χ2n) is 11.3. The Morgan fingerprint density at radius 1 is 1.02 bits per heavy atom. The normalized spacial score (nSPS) is 19.2. The molecule has 2 aliphatic heterocycles. The Labute approximate surface area is 265 Å². The van der Waals surface area contributed by atoms with Gasteiger partial charge in [-0.2, -0.15) is 5.10 Å². The molecule has 2 bridgehead atoms. The largest absolute Gasteiger partial charge is 0.484 e. The Morgan fingerprint density at radius 3 is 2.56 bits per heavy atom. The number of carbonyl (C=O) groups is 3. The van der Waals surface area contributed by atoms with E-state index in [1.807, 2.05) is 48.7 Å². The van der Waals surface area contributed by atoms with Crippen molar-refractivity contribution in [1.82, 2.24) is 25.7 Å². The number of fused-ring (bicyclic) bond motifs is 17. The van der Waals surface area contributed by atoms with Gasteiger partial charge in [-0.25, -0.2) is 0 Å². The highest BCUT2D eigenvalue weighted by molar-refractivity contribution is 5.80. The second-order valence-corrected chi connectivity index (χ2v) is 11.3. The predicted octanol–water partition coefficient (Wildman–Crippen LogP) is 3.50. The van der Waals surface area contributed by atoms with Crippen molar-refractivity contribution in [2.45, 2.75) is 45.6 Å². The molecule has 1 aromatic heterocycles. The lowest BCUT2D eigenvalue weighted by molar-refractivity contribution is -0.156. The molecule has 0 spiro atoms. The third-order valence-electron chi connectivity index (χ3n) is 7.98. The average molecular weight is 620 g/mol. The molecule has 45 heavy (non-hydrogen) atoms. The molecule has 2 aromatic carbocycles. The number of benzene rings is 2. The van der Waals surface area contributed by atoms with Crippen molar-refractivity contribution in [3.8, 4) is 17.0 Å². The van der Waals surface area contributed by atoms with Gasteiger partial charge in [0.25, 0.3) is 5.91 Å². The van der Waals surface area contributed by atoms with E-state index < -0.39 is 5.41 Å². The average Bonchev–Trinajstić information content (AvgIpc) is 3.52. The van der Waals surface area contributed by atoms with Crippen LogP contribution in [0, 0.1) is 5.41 Å². The first-order chi connectivity index (χ1) is 21.9. The zero-order chi connectivity index (χ0) is 31.9. The summed E-state index contributed by atoms with van der Waals surface area (Å²) in [5.74, 6) is -0.142. The van der Waals surface area contributed by atoms with E-state index in [9.17, 15) is 14.4 Å². The maximum Gasteiger partial charge on any atom is 0.314 e. The van der Waals surface area contributed by atoms with Crippen LogP contribution in [0.2, 0.25) is 0 Å². The summed E-state index contributed by atoms with van der Waals surface area (Å²) in [6.45, 7) is 4.90. The van der Waals surface area contributed by atoms with Gasteiger partial charge in [-0.15, -0.1) is 0 Å². The SMILES string of the molecule is CCOC(=O)C1(CCOC)CNC(=O)CCCN(Cc2cn[nH]c2-c2ccccc2)CCCNC(=O)COc2ccc(cc2)C1. The minimum atomic E-state index is -1.01. The Bertz CT molecular complexity index is 1360. The molecule has 3 N–H and O–H groups in total. The van der Waals surface area contributed by atoms with Gasteiger partial charge in [0.15, 0.2) is 6.61 Å². The monoisotopic (exact) mass is 619 g/mol. The van der Waals surface area contributed by atoms with Gasteiger partial charge in [-0.1, -0.05) is 42.5 Å². The van der Waals surface area contributed by atoms with Gasteiger partial charge in [0.2, 0.25) is 5.91 Å². The molecule has 5 rings (SSSR count). The van der Waals surface area contributed by atoms with Crippen LogP contribution >= 0.6 is 0 Å². The van der Waals surface area contributed by atoms with Crippen LogP contribution in [0.15, 0.2) is 60.8 Å². The molecular weight excluding hydrogens is 574 g/mol. The first-order valence-electron chi connectivity index (χ1n) is 15.6. The second kappa shape index (κ2) is 17.3. The van der Waals surface area contributed by atoms with Crippen LogP contribution in [0.4, 0.5) is 0 Å². The molecule has 3 heterocycles. The van der Waals surface area contributed by atoms with Crippen molar-refractivity contribution in [3.05, 3.63) is 71.9 Å². The topological polar surface area (TPSA) is 135 Å². The van der Waals surface area contributed by atoms with Crippen LogP contribution in [0.25, 0.3) is 11.3 Å². The van der Waals surface area contributed by atoms with E-state index in [1.165, 1.54) is 0 Å². The highest BCUT2D eigenvalue weighted by Gasteiger charge is 2.40. The van der Waals surface area contributed by atoms with E-state index in [0.29, 0.717) is 64.2 Å². The molecule has 11 heteroatoms. The third-order valence-corrected chi connectivity index (χ3v) is 7.98. The van der Waals surface area contributed by atoms with Gasteiger partial charge in [-0.3, -0.25) is 24.4 Å². The first kappa shape index (κ1) is 33.7. The minimum absolute atomic E-state index is 0.0921. The summed E-state index contributed by atoms with van der Waals surface area (Å²) in [6, 6.07) is 17.3. The van der Waals surface area contributed by atoms with Crippen LogP contribution < -0.4 is 15.4 Å². The van der Waals surface area contributed by atoms with Crippen molar-refractivity contribution in [3.63, 3.8) is 0 Å². The highest BCUT2D eigenvalue weighted by atomic mass is 16.5. The van der Waals surface area contributed by atoms with Crippen molar-refractivity contribution >= 4 is 17.8 Å². The number of carbonyl (C=O) groups excluding carboxylic acids is 3. The van der Waals surface area contributed by atoms with Crippen LogP contribution in [-0.2, 0) is 36.8 Å². The van der Waals surface area contributed by atoms with Gasteiger partial charge in [-0.05, 0) is 62.4 Å². The van der Waals surface area contributed by atoms with Crippen molar-refractivity contribution < 1.29 is 28.6 Å². The van der Waals surface area contributed by atoms with Crippen molar-refractivity contribution in [2.75, 3.05) is 53.1 Å². The summed E-state index contributed by atoms with van der Waals surface area (Å²) in [4.78, 5) is 41.3. The molecule has 2 amide bonds. The van der Waals surface area contributed by atoms with Gasteiger partial charge < -0.3 is 24.8 Å². The van der Waals surface area contributed by atoms with Crippen LogP contribution in [0.5, 0.6) is 5.75 Å². The molecule has 0 saturated carbocycles. The van der Waals surface area contributed by atoms with E-state index in [4.69, 9.17) is 14.2 Å². The summed E-state index contributed by atoms with van der Waals surface area (Å²) >= 11 is 0. The first-order valence-corrected chi connectivity index (χ1v) is 15.6. The lowest BCUT2D eigenvalue weighted by Crippen LogP contribution is -2.46. The lowest BCUT2D eigenvalue weighted by Gasteiger charge is -2.32. The quantitative estimate of drug-likeness (QED) is 0.326. The van der Waals surface area contributed by atoms with Crippen molar-refractivity contribution in [1.29, 1.82) is 0 Å². The molecule has 2 aliphatic rings. The van der Waals surface area contributed by atoms with Gasteiger partial charge in [0.05, 0.1) is 23.9 Å². The van der Waals surface area contributed by atoms with E-state index in [-0.39, 0.29) is 37.5 Å². The number of aromatic nitrogens is 2. The molecule has 1 atom stereocenters. The highest BCUT2D eigenvalue weighted by Crippen LogP contribution is 2.30. The van der Waals surface area contributed by atoms with Crippen molar-refractivity contribution in [2.24, 2.45) is 5.41 Å². The number of H-pyrrole nitrogens is 1. The fourth-order valence-electron chi connectivity index (χ4n) is 5.51. The molecule has 0 aliphatic carbocycles. The molecular formula is C34H45N5O6. The van der Waals surface area contributed by atoms with E-state index in [2.05, 4.69) is 25.7 Å². The Hall–Kier alpha value is -4.22. The Balaban J connectivity index is 1.51. The Kier molecular flexibility index (Phi) is 13.0. The molecule has 0 radical (unpaired) electrons. The molecule has 242 valence electrons.